The maximum absolute atomic E-state index is 12.4. The molecule has 0 radical (unpaired) electrons. The Morgan fingerprint density at radius 1 is 1.04 bits per heavy atom. The molecule has 0 saturated carbocycles. The highest BCUT2D eigenvalue weighted by atomic mass is 16.5. The molecule has 4 heteroatoms. The summed E-state index contributed by atoms with van der Waals surface area (Å²) in [6, 6.07) is 13.8. The minimum Gasteiger partial charge on any atom is -0.493 e. The van der Waals surface area contributed by atoms with Crippen LogP contribution in [0.5, 0.6) is 11.5 Å². The first kappa shape index (κ1) is 18.8. The number of rotatable bonds is 8. The minimum absolute atomic E-state index is 0.144. The lowest BCUT2D eigenvalue weighted by atomic mass is 10.0. The van der Waals surface area contributed by atoms with Gasteiger partial charge in [0, 0.05) is 6.54 Å². The lowest BCUT2D eigenvalue weighted by Gasteiger charge is -2.17. The van der Waals surface area contributed by atoms with Gasteiger partial charge in [-0.25, -0.2) is 0 Å². The summed E-state index contributed by atoms with van der Waals surface area (Å²) in [6.45, 7) is 6.51. The first-order chi connectivity index (χ1) is 12.1. The number of ether oxygens (including phenoxy) is 2. The maximum Gasteiger partial charge on any atom is 0.261 e. The number of carbonyl (C=O) groups is 1. The zero-order valence-electron chi connectivity index (χ0n) is 15.5. The highest BCUT2D eigenvalue weighted by Crippen LogP contribution is 2.26. The Hall–Kier alpha value is -2.49. The number of aryl methyl sites for hydroxylation is 2. The van der Waals surface area contributed by atoms with Crippen LogP contribution in [0.3, 0.4) is 0 Å². The molecule has 2 rings (SSSR count). The monoisotopic (exact) mass is 341 g/mol. The van der Waals surface area contributed by atoms with Crippen LogP contribution in [-0.2, 0) is 24.2 Å². The van der Waals surface area contributed by atoms with Gasteiger partial charge in [0.2, 0.25) is 0 Å². The van der Waals surface area contributed by atoms with Gasteiger partial charge in [0.25, 0.3) is 5.91 Å². The molecule has 0 spiro atoms. The zero-order chi connectivity index (χ0) is 18.2. The van der Waals surface area contributed by atoms with Gasteiger partial charge in [0.15, 0.2) is 17.6 Å². The van der Waals surface area contributed by atoms with E-state index in [0.717, 1.165) is 12.8 Å². The van der Waals surface area contributed by atoms with Crippen LogP contribution in [0.4, 0.5) is 0 Å². The Labute approximate surface area is 150 Å². The summed E-state index contributed by atoms with van der Waals surface area (Å²) in [4.78, 5) is 12.4. The van der Waals surface area contributed by atoms with E-state index in [1.54, 1.807) is 20.1 Å². The molecule has 0 aromatic heterocycles. The second kappa shape index (κ2) is 9.11. The van der Waals surface area contributed by atoms with Gasteiger partial charge < -0.3 is 14.8 Å². The summed E-state index contributed by atoms with van der Waals surface area (Å²) in [6.07, 6.45) is 1.33. The van der Waals surface area contributed by atoms with Gasteiger partial charge in [-0.2, -0.15) is 0 Å². The summed E-state index contributed by atoms with van der Waals surface area (Å²) < 4.78 is 11.0. The van der Waals surface area contributed by atoms with E-state index in [1.807, 2.05) is 18.2 Å². The molecule has 1 N–H and O–H groups in total. The number of hydrogen-bond acceptors (Lipinski definition) is 3. The largest absolute Gasteiger partial charge is 0.493 e. The summed E-state index contributed by atoms with van der Waals surface area (Å²) >= 11 is 0. The van der Waals surface area contributed by atoms with Crippen molar-refractivity contribution in [2.75, 3.05) is 7.11 Å². The molecule has 2 aromatic rings. The highest BCUT2D eigenvalue weighted by Gasteiger charge is 2.16. The number of nitrogens with one attached hydrogen (secondary N) is 1. The van der Waals surface area contributed by atoms with Gasteiger partial charge in [0.1, 0.15) is 0 Å². The third-order valence-corrected chi connectivity index (χ3v) is 4.25. The third-order valence-electron chi connectivity index (χ3n) is 4.25. The zero-order valence-corrected chi connectivity index (χ0v) is 15.5. The van der Waals surface area contributed by atoms with Crippen LogP contribution in [0.15, 0.2) is 42.5 Å². The number of benzene rings is 2. The van der Waals surface area contributed by atoms with Crippen molar-refractivity contribution in [3.63, 3.8) is 0 Å². The number of para-hydroxylation sites is 2. The molecule has 0 bridgehead atoms. The minimum atomic E-state index is -0.601. The molecular weight excluding hydrogens is 314 g/mol. The molecule has 1 unspecified atom stereocenters. The molecule has 0 saturated heterocycles. The Balaban J connectivity index is 2.00. The van der Waals surface area contributed by atoms with E-state index in [9.17, 15) is 4.79 Å². The smallest absolute Gasteiger partial charge is 0.261 e. The normalized spacial score (nSPS) is 11.7. The molecule has 134 valence electrons. The number of methoxy groups -OCH3 is 1. The third kappa shape index (κ3) is 4.99. The van der Waals surface area contributed by atoms with Gasteiger partial charge in [-0.05, 0) is 48.6 Å². The Morgan fingerprint density at radius 3 is 2.40 bits per heavy atom. The van der Waals surface area contributed by atoms with E-state index in [1.165, 1.54) is 16.7 Å². The van der Waals surface area contributed by atoms with E-state index < -0.39 is 6.10 Å². The molecule has 4 nitrogen and oxygen atoms in total. The van der Waals surface area contributed by atoms with Crippen LogP contribution in [-0.4, -0.2) is 19.1 Å². The van der Waals surface area contributed by atoms with E-state index >= 15 is 0 Å². The van der Waals surface area contributed by atoms with Crippen LogP contribution >= 0.6 is 0 Å². The Morgan fingerprint density at radius 2 is 1.76 bits per heavy atom. The maximum atomic E-state index is 12.4. The van der Waals surface area contributed by atoms with E-state index in [4.69, 9.17) is 9.47 Å². The van der Waals surface area contributed by atoms with Crippen LogP contribution in [0.2, 0.25) is 0 Å². The Kier molecular flexibility index (Phi) is 6.87. The summed E-state index contributed by atoms with van der Waals surface area (Å²) in [5.41, 5.74) is 3.70. The number of carbonyl (C=O) groups excluding carboxylic acids is 1. The SMILES string of the molecule is CCc1ccc(CC)c(CNC(=O)C(C)Oc2ccccc2OC)c1. The van der Waals surface area contributed by atoms with Crippen molar-refractivity contribution in [1.82, 2.24) is 5.32 Å². The van der Waals surface area contributed by atoms with Crippen LogP contribution in [0.1, 0.15) is 37.5 Å². The molecule has 25 heavy (non-hydrogen) atoms. The lowest BCUT2D eigenvalue weighted by Crippen LogP contribution is -2.36. The van der Waals surface area contributed by atoms with Crippen LogP contribution in [0, 0.1) is 0 Å². The van der Waals surface area contributed by atoms with Crippen molar-refractivity contribution in [1.29, 1.82) is 0 Å². The van der Waals surface area contributed by atoms with Crippen LogP contribution in [0.25, 0.3) is 0 Å². The molecule has 1 amide bonds. The van der Waals surface area contributed by atoms with Crippen molar-refractivity contribution in [2.24, 2.45) is 0 Å². The standard InChI is InChI=1S/C21H27NO3/c1-5-16-11-12-17(6-2)18(13-16)14-22-21(23)15(3)25-20-10-8-7-9-19(20)24-4/h7-13,15H,5-6,14H2,1-4H3,(H,22,23). The average molecular weight is 341 g/mol. The predicted molar refractivity (Wildman–Crippen MR) is 100 cm³/mol. The summed E-state index contributed by atoms with van der Waals surface area (Å²) in [7, 11) is 1.58. The van der Waals surface area contributed by atoms with Crippen molar-refractivity contribution >= 4 is 5.91 Å². The first-order valence-corrected chi connectivity index (χ1v) is 8.77. The van der Waals surface area contributed by atoms with Crippen molar-refractivity contribution < 1.29 is 14.3 Å². The average Bonchev–Trinajstić information content (AvgIpc) is 2.66. The predicted octanol–water partition coefficient (Wildman–Crippen LogP) is 3.90. The molecule has 0 aliphatic rings. The lowest BCUT2D eigenvalue weighted by molar-refractivity contribution is -0.127. The van der Waals surface area contributed by atoms with Crippen molar-refractivity contribution in [3.05, 3.63) is 59.2 Å². The van der Waals surface area contributed by atoms with Crippen molar-refractivity contribution in [2.45, 2.75) is 46.3 Å². The van der Waals surface area contributed by atoms with E-state index in [-0.39, 0.29) is 5.91 Å². The molecule has 0 fully saturated rings. The Bertz CT molecular complexity index is 712. The molecule has 0 heterocycles. The van der Waals surface area contributed by atoms with Gasteiger partial charge in [-0.3, -0.25) is 4.79 Å². The fourth-order valence-electron chi connectivity index (χ4n) is 2.69. The molecule has 1 atom stereocenters. The fourth-order valence-corrected chi connectivity index (χ4v) is 2.69. The molecule has 0 aliphatic carbocycles. The first-order valence-electron chi connectivity index (χ1n) is 8.77. The summed E-state index contributed by atoms with van der Waals surface area (Å²) in [5, 5.41) is 2.98. The highest BCUT2D eigenvalue weighted by molar-refractivity contribution is 5.80. The van der Waals surface area contributed by atoms with Gasteiger partial charge in [-0.15, -0.1) is 0 Å². The van der Waals surface area contributed by atoms with E-state index in [2.05, 4.69) is 37.4 Å². The van der Waals surface area contributed by atoms with Gasteiger partial charge in [-0.1, -0.05) is 44.2 Å². The van der Waals surface area contributed by atoms with Gasteiger partial charge in [0.05, 0.1) is 7.11 Å². The quantitative estimate of drug-likeness (QED) is 0.792. The van der Waals surface area contributed by atoms with Gasteiger partial charge >= 0.3 is 0 Å². The molecule has 2 aromatic carbocycles. The number of hydrogen-bond donors (Lipinski definition) is 1. The van der Waals surface area contributed by atoms with Crippen molar-refractivity contribution in [3.8, 4) is 11.5 Å². The second-order valence-electron chi connectivity index (χ2n) is 5.94. The molecular formula is C21H27NO3. The fraction of sp³-hybridized carbons (Fsp3) is 0.381. The number of amides is 1. The summed E-state index contributed by atoms with van der Waals surface area (Å²) in [5.74, 6) is 1.04. The topological polar surface area (TPSA) is 47.6 Å². The molecule has 0 aliphatic heterocycles. The van der Waals surface area contributed by atoms with E-state index in [0.29, 0.717) is 18.0 Å². The second-order valence-corrected chi connectivity index (χ2v) is 5.94. The van der Waals surface area contributed by atoms with Crippen LogP contribution < -0.4 is 14.8 Å².